The molecular formula is C18H18O4. The zero-order valence-electron chi connectivity index (χ0n) is 12.8. The molecule has 0 saturated heterocycles. The van der Waals surface area contributed by atoms with E-state index in [4.69, 9.17) is 9.47 Å². The fourth-order valence-corrected chi connectivity index (χ4v) is 1.92. The Bertz CT molecular complexity index is 718. The quantitative estimate of drug-likeness (QED) is 0.812. The Morgan fingerprint density at radius 2 is 1.73 bits per heavy atom. The third-order valence-corrected chi connectivity index (χ3v) is 3.27. The topological polar surface area (TPSA) is 52.6 Å². The molecule has 4 nitrogen and oxygen atoms in total. The Hall–Kier alpha value is -2.62. The average Bonchev–Trinajstić information content (AvgIpc) is 2.70. The number of benzene rings is 1. The molecule has 0 aliphatic heterocycles. The number of esters is 1. The van der Waals surface area contributed by atoms with Crippen LogP contribution in [0.2, 0.25) is 0 Å². The summed E-state index contributed by atoms with van der Waals surface area (Å²) >= 11 is 0. The van der Waals surface area contributed by atoms with Crippen LogP contribution in [0.25, 0.3) is 0 Å². The highest BCUT2D eigenvalue weighted by Crippen LogP contribution is 2.18. The van der Waals surface area contributed by atoms with Gasteiger partial charge in [0.05, 0.1) is 12.7 Å². The molecule has 0 radical (unpaired) electrons. The van der Waals surface area contributed by atoms with Crippen LogP contribution in [0.4, 0.5) is 0 Å². The highest BCUT2D eigenvalue weighted by Gasteiger charge is 2.11. The Labute approximate surface area is 129 Å². The van der Waals surface area contributed by atoms with E-state index in [9.17, 15) is 9.59 Å². The first-order chi connectivity index (χ1) is 10.5. The van der Waals surface area contributed by atoms with Crippen LogP contribution in [-0.2, 0) is 0 Å². The van der Waals surface area contributed by atoms with E-state index in [1.165, 1.54) is 6.07 Å². The lowest BCUT2D eigenvalue weighted by Gasteiger charge is -2.05. The van der Waals surface area contributed by atoms with Crippen molar-refractivity contribution in [3.05, 3.63) is 69.9 Å². The summed E-state index contributed by atoms with van der Waals surface area (Å²) in [5.74, 6) is 0.342. The van der Waals surface area contributed by atoms with Crippen LogP contribution >= 0.6 is 0 Å². The van der Waals surface area contributed by atoms with E-state index >= 15 is 0 Å². The number of hydrogen-bond donors (Lipinski definition) is 0. The summed E-state index contributed by atoms with van der Waals surface area (Å²) in [6, 6.07) is 13.0. The predicted molar refractivity (Wildman–Crippen MR) is 84.8 cm³/mol. The molecule has 2 rings (SSSR count). The maximum atomic E-state index is 12.1. The highest BCUT2D eigenvalue weighted by molar-refractivity contribution is 5.91. The van der Waals surface area contributed by atoms with Gasteiger partial charge in [-0.2, -0.15) is 0 Å². The first kappa shape index (κ1) is 15.8. The second-order valence-electron chi connectivity index (χ2n) is 5.17. The molecule has 114 valence electrons. The van der Waals surface area contributed by atoms with Crippen LogP contribution < -0.4 is 14.9 Å². The first-order valence-corrected chi connectivity index (χ1v) is 7.01. The summed E-state index contributed by atoms with van der Waals surface area (Å²) in [4.78, 5) is 24.1. The minimum absolute atomic E-state index is 0.0366. The van der Waals surface area contributed by atoms with Crippen LogP contribution in [0.3, 0.4) is 0 Å². The van der Waals surface area contributed by atoms with Gasteiger partial charge >= 0.3 is 5.97 Å². The largest absolute Gasteiger partial charge is 0.497 e. The van der Waals surface area contributed by atoms with Gasteiger partial charge < -0.3 is 9.47 Å². The van der Waals surface area contributed by atoms with Crippen molar-refractivity contribution < 1.29 is 14.3 Å². The first-order valence-electron chi connectivity index (χ1n) is 7.01. The molecule has 22 heavy (non-hydrogen) atoms. The number of rotatable bonds is 4. The van der Waals surface area contributed by atoms with E-state index in [2.05, 4.69) is 0 Å². The number of carbonyl (C=O) groups excluding carboxylic acids is 1. The van der Waals surface area contributed by atoms with Crippen LogP contribution in [0.1, 0.15) is 35.7 Å². The maximum Gasteiger partial charge on any atom is 0.343 e. The van der Waals surface area contributed by atoms with Gasteiger partial charge in [-0.05, 0) is 47.9 Å². The van der Waals surface area contributed by atoms with Crippen molar-refractivity contribution in [1.82, 2.24) is 0 Å². The smallest absolute Gasteiger partial charge is 0.343 e. The van der Waals surface area contributed by atoms with Crippen LogP contribution in [0.15, 0.2) is 53.3 Å². The molecule has 0 amide bonds. The van der Waals surface area contributed by atoms with Gasteiger partial charge in [0.15, 0.2) is 5.75 Å². The van der Waals surface area contributed by atoms with E-state index in [0.717, 1.165) is 5.56 Å². The second kappa shape index (κ2) is 6.89. The lowest BCUT2D eigenvalue weighted by molar-refractivity contribution is 0.0733. The summed E-state index contributed by atoms with van der Waals surface area (Å²) in [5, 5.41) is 0. The van der Waals surface area contributed by atoms with E-state index in [1.54, 1.807) is 43.5 Å². The Morgan fingerprint density at radius 1 is 1.05 bits per heavy atom. The van der Waals surface area contributed by atoms with E-state index in [-0.39, 0.29) is 17.1 Å². The van der Waals surface area contributed by atoms with Gasteiger partial charge in [0.2, 0.25) is 5.43 Å². The minimum atomic E-state index is -0.569. The van der Waals surface area contributed by atoms with Crippen molar-refractivity contribution in [2.24, 2.45) is 0 Å². The Balaban J connectivity index is 2.29. The molecule has 0 atom stereocenters. The summed E-state index contributed by atoms with van der Waals surface area (Å²) in [6.07, 6.45) is 0. The molecule has 2 aromatic rings. The summed E-state index contributed by atoms with van der Waals surface area (Å²) in [5.41, 5.74) is 0.964. The number of methoxy groups -OCH3 is 1. The maximum absolute atomic E-state index is 12.1. The highest BCUT2D eigenvalue weighted by atomic mass is 16.5. The number of ether oxygens (including phenoxy) is 2. The molecule has 0 saturated carbocycles. The van der Waals surface area contributed by atoms with Crippen molar-refractivity contribution in [2.75, 3.05) is 7.11 Å². The van der Waals surface area contributed by atoms with Gasteiger partial charge in [-0.25, -0.2) is 4.79 Å². The normalized spacial score (nSPS) is 10.4. The van der Waals surface area contributed by atoms with Crippen LogP contribution in [-0.4, -0.2) is 13.1 Å². The van der Waals surface area contributed by atoms with Crippen molar-refractivity contribution >= 4 is 5.97 Å². The van der Waals surface area contributed by atoms with Crippen molar-refractivity contribution in [3.8, 4) is 11.5 Å². The van der Waals surface area contributed by atoms with Crippen LogP contribution in [0, 0.1) is 0 Å². The molecule has 0 aliphatic rings. The molecular weight excluding hydrogens is 280 g/mol. The van der Waals surface area contributed by atoms with Gasteiger partial charge in [0.1, 0.15) is 5.75 Å². The van der Waals surface area contributed by atoms with Gasteiger partial charge in [0.25, 0.3) is 0 Å². The third kappa shape index (κ3) is 3.73. The monoisotopic (exact) mass is 298 g/mol. The molecule has 2 aromatic carbocycles. The summed E-state index contributed by atoms with van der Waals surface area (Å²) in [7, 11) is 1.55. The fraction of sp³-hybridized carbons (Fsp3) is 0.222. The zero-order valence-corrected chi connectivity index (χ0v) is 12.8. The molecule has 0 N–H and O–H groups in total. The fourth-order valence-electron chi connectivity index (χ4n) is 1.92. The standard InChI is InChI=1S/C18H18O4/c1-12(2)14-5-4-6-16(19)17(11-14)22-18(20)13-7-9-15(21-3)10-8-13/h4-12H,1-3H3. The SMILES string of the molecule is COc1ccc(C(=O)Oc2cc(C(C)C)cccc2=O)cc1. The molecule has 0 bridgehead atoms. The van der Waals surface area contributed by atoms with Gasteiger partial charge in [-0.3, -0.25) is 4.79 Å². The molecule has 0 spiro atoms. The lowest BCUT2D eigenvalue weighted by atomic mass is 10.1. The lowest BCUT2D eigenvalue weighted by Crippen LogP contribution is -2.13. The van der Waals surface area contributed by atoms with E-state index in [0.29, 0.717) is 11.3 Å². The summed E-state index contributed by atoms with van der Waals surface area (Å²) < 4.78 is 10.3. The van der Waals surface area contributed by atoms with E-state index in [1.807, 2.05) is 19.9 Å². The molecule has 0 unspecified atom stereocenters. The second-order valence-corrected chi connectivity index (χ2v) is 5.17. The van der Waals surface area contributed by atoms with Crippen LogP contribution in [0.5, 0.6) is 11.5 Å². The van der Waals surface area contributed by atoms with Gasteiger partial charge in [-0.1, -0.05) is 26.0 Å². The van der Waals surface area contributed by atoms with Crippen molar-refractivity contribution in [2.45, 2.75) is 19.8 Å². The zero-order chi connectivity index (χ0) is 16.1. The van der Waals surface area contributed by atoms with Crippen molar-refractivity contribution in [1.29, 1.82) is 0 Å². The Morgan fingerprint density at radius 3 is 2.32 bits per heavy atom. The molecule has 0 aliphatic carbocycles. The van der Waals surface area contributed by atoms with Crippen molar-refractivity contribution in [3.63, 3.8) is 0 Å². The third-order valence-electron chi connectivity index (χ3n) is 3.27. The van der Waals surface area contributed by atoms with Gasteiger partial charge in [0, 0.05) is 0 Å². The Kier molecular flexibility index (Phi) is 4.94. The minimum Gasteiger partial charge on any atom is -0.497 e. The predicted octanol–water partition coefficient (Wildman–Crippen LogP) is 3.40. The molecule has 0 fully saturated rings. The summed E-state index contributed by atoms with van der Waals surface area (Å²) in [6.45, 7) is 4.02. The number of hydrogen-bond acceptors (Lipinski definition) is 4. The molecule has 0 aromatic heterocycles. The molecule has 4 heteroatoms. The number of carbonyl (C=O) groups is 1. The van der Waals surface area contributed by atoms with E-state index < -0.39 is 5.97 Å². The molecule has 0 heterocycles. The average molecular weight is 298 g/mol. The van der Waals surface area contributed by atoms with Gasteiger partial charge in [-0.15, -0.1) is 0 Å².